The standard InChI is InChI=1S/C12H15NO2/c1-8(7-14)9-3-4-10-6-12(15)13(2)11(10)5-9/h3-5,8,14H,6-7H2,1-2H3. The third-order valence-corrected chi connectivity index (χ3v) is 3.03. The van der Waals surface area contributed by atoms with Crippen molar-refractivity contribution < 1.29 is 9.90 Å². The average Bonchev–Trinajstić information content (AvgIpc) is 2.54. The second-order valence-corrected chi connectivity index (χ2v) is 4.10. The Bertz CT molecular complexity index is 401. The van der Waals surface area contributed by atoms with Crippen molar-refractivity contribution in [2.75, 3.05) is 18.6 Å². The van der Waals surface area contributed by atoms with Gasteiger partial charge in [-0.3, -0.25) is 4.79 Å². The van der Waals surface area contributed by atoms with E-state index >= 15 is 0 Å². The molecule has 1 atom stereocenters. The fraction of sp³-hybridized carbons (Fsp3) is 0.417. The average molecular weight is 205 g/mol. The van der Waals surface area contributed by atoms with Crippen LogP contribution in [0.2, 0.25) is 0 Å². The number of likely N-dealkylation sites (N-methyl/N-ethyl adjacent to an activating group) is 1. The minimum Gasteiger partial charge on any atom is -0.396 e. The lowest BCUT2D eigenvalue weighted by Crippen LogP contribution is -2.20. The highest BCUT2D eigenvalue weighted by molar-refractivity contribution is 6.01. The van der Waals surface area contributed by atoms with E-state index < -0.39 is 0 Å². The molecule has 0 saturated heterocycles. The molecule has 1 aromatic rings. The summed E-state index contributed by atoms with van der Waals surface area (Å²) in [6.07, 6.45) is 0.500. The van der Waals surface area contributed by atoms with E-state index in [1.54, 1.807) is 11.9 Å². The number of hydrogen-bond acceptors (Lipinski definition) is 2. The summed E-state index contributed by atoms with van der Waals surface area (Å²) < 4.78 is 0. The number of fused-ring (bicyclic) bond motifs is 1. The quantitative estimate of drug-likeness (QED) is 0.790. The lowest BCUT2D eigenvalue weighted by atomic mass is 9.99. The summed E-state index contributed by atoms with van der Waals surface area (Å²) in [7, 11) is 1.79. The van der Waals surface area contributed by atoms with Crippen molar-refractivity contribution >= 4 is 11.6 Å². The maximum atomic E-state index is 11.5. The fourth-order valence-corrected chi connectivity index (χ4v) is 1.87. The van der Waals surface area contributed by atoms with Gasteiger partial charge in [-0.25, -0.2) is 0 Å². The second kappa shape index (κ2) is 3.66. The zero-order valence-corrected chi connectivity index (χ0v) is 9.03. The highest BCUT2D eigenvalue weighted by Crippen LogP contribution is 2.30. The van der Waals surface area contributed by atoms with E-state index in [1.807, 2.05) is 25.1 Å². The monoisotopic (exact) mass is 205 g/mol. The molecule has 1 aromatic carbocycles. The van der Waals surface area contributed by atoms with E-state index in [4.69, 9.17) is 5.11 Å². The van der Waals surface area contributed by atoms with E-state index in [9.17, 15) is 4.79 Å². The first-order chi connectivity index (χ1) is 7.13. The third-order valence-electron chi connectivity index (χ3n) is 3.03. The van der Waals surface area contributed by atoms with E-state index in [-0.39, 0.29) is 18.4 Å². The molecule has 0 aromatic heterocycles. The number of amides is 1. The summed E-state index contributed by atoms with van der Waals surface area (Å²) in [6.45, 7) is 2.11. The minimum absolute atomic E-state index is 0.124. The summed E-state index contributed by atoms with van der Waals surface area (Å²) >= 11 is 0. The first-order valence-corrected chi connectivity index (χ1v) is 5.13. The van der Waals surface area contributed by atoms with Crippen molar-refractivity contribution in [3.8, 4) is 0 Å². The van der Waals surface area contributed by atoms with E-state index in [0.717, 1.165) is 16.8 Å². The largest absolute Gasteiger partial charge is 0.396 e. The number of benzene rings is 1. The number of anilines is 1. The molecule has 1 aliphatic rings. The Balaban J connectivity index is 2.39. The van der Waals surface area contributed by atoms with Gasteiger partial charge < -0.3 is 10.0 Å². The summed E-state index contributed by atoms with van der Waals surface area (Å²) in [4.78, 5) is 13.1. The molecule has 0 spiro atoms. The highest BCUT2D eigenvalue weighted by atomic mass is 16.3. The summed E-state index contributed by atoms with van der Waals surface area (Å²) in [6, 6.07) is 5.98. The number of carbonyl (C=O) groups excluding carboxylic acids is 1. The number of aliphatic hydroxyl groups is 1. The van der Waals surface area contributed by atoms with Crippen LogP contribution in [0.25, 0.3) is 0 Å². The zero-order valence-electron chi connectivity index (χ0n) is 9.03. The van der Waals surface area contributed by atoms with Crippen molar-refractivity contribution in [3.63, 3.8) is 0 Å². The van der Waals surface area contributed by atoms with Crippen LogP contribution in [0.3, 0.4) is 0 Å². The van der Waals surface area contributed by atoms with Crippen molar-refractivity contribution in [3.05, 3.63) is 29.3 Å². The molecular weight excluding hydrogens is 190 g/mol. The molecule has 3 nitrogen and oxygen atoms in total. The molecule has 0 aliphatic carbocycles. The van der Waals surface area contributed by atoms with Gasteiger partial charge in [0.05, 0.1) is 6.42 Å². The molecule has 1 N–H and O–H groups in total. The number of rotatable bonds is 2. The molecule has 0 saturated carbocycles. The lowest BCUT2D eigenvalue weighted by Gasteiger charge is -2.14. The van der Waals surface area contributed by atoms with Gasteiger partial charge in [0.1, 0.15) is 0 Å². The molecule has 1 heterocycles. The minimum atomic E-state index is 0.124. The summed E-state index contributed by atoms with van der Waals surface area (Å²) in [5, 5.41) is 9.07. The maximum Gasteiger partial charge on any atom is 0.231 e. The van der Waals surface area contributed by atoms with Crippen LogP contribution in [0.4, 0.5) is 5.69 Å². The second-order valence-electron chi connectivity index (χ2n) is 4.10. The molecule has 1 unspecified atom stereocenters. The first-order valence-electron chi connectivity index (χ1n) is 5.13. The maximum absolute atomic E-state index is 11.5. The normalized spacial score (nSPS) is 16.7. The molecular formula is C12H15NO2. The Labute approximate surface area is 89.3 Å². The number of hydrogen-bond donors (Lipinski definition) is 1. The van der Waals surface area contributed by atoms with Crippen molar-refractivity contribution in [2.45, 2.75) is 19.3 Å². The molecule has 2 rings (SSSR count). The van der Waals surface area contributed by atoms with Crippen molar-refractivity contribution in [1.29, 1.82) is 0 Å². The van der Waals surface area contributed by atoms with Crippen LogP contribution < -0.4 is 4.90 Å². The van der Waals surface area contributed by atoms with Crippen molar-refractivity contribution in [2.24, 2.45) is 0 Å². The number of carbonyl (C=O) groups is 1. The van der Waals surface area contributed by atoms with Gasteiger partial charge in [-0.05, 0) is 17.2 Å². The summed E-state index contributed by atoms with van der Waals surface area (Å²) in [5.74, 6) is 0.262. The Morgan fingerprint density at radius 3 is 2.93 bits per heavy atom. The third kappa shape index (κ3) is 1.63. The molecule has 0 fully saturated rings. The van der Waals surface area contributed by atoms with Gasteiger partial charge >= 0.3 is 0 Å². The Morgan fingerprint density at radius 1 is 1.53 bits per heavy atom. The van der Waals surface area contributed by atoms with Crippen LogP contribution in [-0.2, 0) is 11.2 Å². The Morgan fingerprint density at radius 2 is 2.27 bits per heavy atom. The topological polar surface area (TPSA) is 40.5 Å². The number of aliphatic hydroxyl groups excluding tert-OH is 1. The molecule has 1 aliphatic heterocycles. The van der Waals surface area contributed by atoms with Gasteiger partial charge in [0.25, 0.3) is 0 Å². The van der Waals surface area contributed by atoms with Crippen LogP contribution in [-0.4, -0.2) is 24.7 Å². The number of nitrogens with zero attached hydrogens (tertiary/aromatic N) is 1. The Kier molecular flexibility index (Phi) is 2.49. The first kappa shape index (κ1) is 10.2. The molecule has 3 heteroatoms. The van der Waals surface area contributed by atoms with Crippen LogP contribution in [0.1, 0.15) is 24.0 Å². The van der Waals surface area contributed by atoms with Gasteiger partial charge in [-0.1, -0.05) is 19.1 Å². The zero-order chi connectivity index (χ0) is 11.0. The van der Waals surface area contributed by atoms with E-state index in [0.29, 0.717) is 6.42 Å². The van der Waals surface area contributed by atoms with Crippen molar-refractivity contribution in [1.82, 2.24) is 0 Å². The van der Waals surface area contributed by atoms with Crippen LogP contribution in [0, 0.1) is 0 Å². The van der Waals surface area contributed by atoms with E-state index in [1.165, 1.54) is 0 Å². The highest BCUT2D eigenvalue weighted by Gasteiger charge is 2.24. The molecule has 0 radical (unpaired) electrons. The molecule has 1 amide bonds. The predicted octanol–water partition coefficient (Wildman–Crippen LogP) is 1.30. The Hall–Kier alpha value is -1.35. The van der Waals surface area contributed by atoms with Crippen LogP contribution in [0.15, 0.2) is 18.2 Å². The van der Waals surface area contributed by atoms with Gasteiger partial charge in [0, 0.05) is 25.3 Å². The lowest BCUT2D eigenvalue weighted by molar-refractivity contribution is -0.117. The van der Waals surface area contributed by atoms with Crippen LogP contribution in [0.5, 0.6) is 0 Å². The van der Waals surface area contributed by atoms with Crippen LogP contribution >= 0.6 is 0 Å². The van der Waals surface area contributed by atoms with Gasteiger partial charge in [-0.15, -0.1) is 0 Å². The van der Waals surface area contributed by atoms with Gasteiger partial charge in [-0.2, -0.15) is 0 Å². The summed E-state index contributed by atoms with van der Waals surface area (Å²) in [5.41, 5.74) is 3.15. The molecule has 0 bridgehead atoms. The molecule has 15 heavy (non-hydrogen) atoms. The van der Waals surface area contributed by atoms with Gasteiger partial charge in [0.15, 0.2) is 0 Å². The SMILES string of the molecule is CC(CO)c1ccc2c(c1)N(C)C(=O)C2. The molecule has 80 valence electrons. The van der Waals surface area contributed by atoms with E-state index in [2.05, 4.69) is 0 Å². The predicted molar refractivity (Wildman–Crippen MR) is 59.1 cm³/mol. The van der Waals surface area contributed by atoms with Gasteiger partial charge in [0.2, 0.25) is 5.91 Å². The smallest absolute Gasteiger partial charge is 0.231 e. The fourth-order valence-electron chi connectivity index (χ4n) is 1.87.